The molecule has 5 nitrogen and oxygen atoms in total. The van der Waals surface area contributed by atoms with Gasteiger partial charge in [-0.2, -0.15) is 0 Å². The van der Waals surface area contributed by atoms with Gasteiger partial charge in [-0.25, -0.2) is 0 Å². The van der Waals surface area contributed by atoms with Gasteiger partial charge in [0, 0.05) is 36.2 Å². The second kappa shape index (κ2) is 4.97. The number of benzene rings is 1. The molecule has 1 heterocycles. The number of carbonyl (C=O) groups excluding carboxylic acids is 1. The summed E-state index contributed by atoms with van der Waals surface area (Å²) in [6.07, 6.45) is 1.56. The summed E-state index contributed by atoms with van der Waals surface area (Å²) in [5.74, 6) is -0.327. The van der Waals surface area contributed by atoms with E-state index in [1.807, 2.05) is 13.0 Å². The van der Waals surface area contributed by atoms with Gasteiger partial charge >= 0.3 is 0 Å². The van der Waals surface area contributed by atoms with Crippen LogP contribution in [0.5, 0.6) is 0 Å². The molecule has 3 N–H and O–H groups in total. The molecule has 0 aliphatic heterocycles. The minimum Gasteiger partial charge on any atom is -0.399 e. The largest absolute Gasteiger partial charge is 0.399 e. The third-order valence-electron chi connectivity index (χ3n) is 2.88. The van der Waals surface area contributed by atoms with Crippen LogP contribution in [-0.4, -0.2) is 10.5 Å². The molecule has 0 saturated carbocycles. The van der Waals surface area contributed by atoms with Gasteiger partial charge in [-0.15, -0.1) is 0 Å². The average molecular weight is 257 g/mol. The van der Waals surface area contributed by atoms with Crippen LogP contribution in [0, 0.1) is 6.92 Å². The Labute approximate surface area is 110 Å². The van der Waals surface area contributed by atoms with Crippen LogP contribution in [0.1, 0.15) is 15.9 Å². The van der Waals surface area contributed by atoms with Gasteiger partial charge in [0.25, 0.3) is 11.5 Å². The molecule has 98 valence electrons. The fourth-order valence-electron chi connectivity index (χ4n) is 1.66. The summed E-state index contributed by atoms with van der Waals surface area (Å²) in [7, 11) is 1.63. The minimum atomic E-state index is -0.327. The summed E-state index contributed by atoms with van der Waals surface area (Å²) in [4.78, 5) is 23.5. The van der Waals surface area contributed by atoms with Gasteiger partial charge in [-0.3, -0.25) is 9.59 Å². The first-order chi connectivity index (χ1) is 8.97. The van der Waals surface area contributed by atoms with E-state index in [9.17, 15) is 9.59 Å². The lowest BCUT2D eigenvalue weighted by molar-refractivity contribution is 0.102. The number of nitrogens with two attached hydrogens (primary N) is 1. The van der Waals surface area contributed by atoms with Gasteiger partial charge < -0.3 is 15.6 Å². The summed E-state index contributed by atoms with van der Waals surface area (Å²) < 4.78 is 1.41. The number of nitrogen functional groups attached to an aromatic ring is 1. The van der Waals surface area contributed by atoms with Crippen molar-refractivity contribution in [3.05, 3.63) is 58.0 Å². The normalized spacial score (nSPS) is 10.2. The first-order valence-corrected chi connectivity index (χ1v) is 5.81. The summed E-state index contributed by atoms with van der Waals surface area (Å²) in [6.45, 7) is 1.87. The lowest BCUT2D eigenvalue weighted by Crippen LogP contribution is -2.20. The maximum absolute atomic E-state index is 12.0. The number of carbonyl (C=O) groups is 1. The monoisotopic (exact) mass is 257 g/mol. The van der Waals surface area contributed by atoms with Crippen molar-refractivity contribution in [2.75, 3.05) is 11.1 Å². The molecule has 0 bridgehead atoms. The number of nitrogens with one attached hydrogen (secondary N) is 1. The van der Waals surface area contributed by atoms with E-state index in [0.717, 1.165) is 5.56 Å². The first kappa shape index (κ1) is 12.9. The molecule has 0 saturated heterocycles. The van der Waals surface area contributed by atoms with Crippen molar-refractivity contribution >= 4 is 17.3 Å². The molecule has 1 aromatic heterocycles. The molecule has 0 unspecified atom stereocenters. The number of rotatable bonds is 2. The molecular formula is C14H15N3O2. The Kier molecular flexibility index (Phi) is 3.37. The standard InChI is InChI=1S/C14H15N3O2/c1-9-3-4-11(15)8-12(9)16-14(19)10-5-6-17(2)13(18)7-10/h3-8H,15H2,1-2H3,(H,16,19). The van der Waals surface area contributed by atoms with Crippen molar-refractivity contribution in [1.29, 1.82) is 0 Å². The zero-order chi connectivity index (χ0) is 14.0. The second-order valence-electron chi connectivity index (χ2n) is 4.39. The molecule has 0 atom stereocenters. The number of nitrogens with zero attached hydrogens (tertiary/aromatic N) is 1. The van der Waals surface area contributed by atoms with Crippen molar-refractivity contribution in [1.82, 2.24) is 4.57 Å². The molecule has 0 aliphatic carbocycles. The molecule has 2 aromatic rings. The molecule has 0 spiro atoms. The molecule has 19 heavy (non-hydrogen) atoms. The van der Waals surface area contributed by atoms with Crippen LogP contribution in [0.2, 0.25) is 0 Å². The van der Waals surface area contributed by atoms with Gasteiger partial charge in [0.1, 0.15) is 0 Å². The Morgan fingerprint density at radius 3 is 2.68 bits per heavy atom. The number of hydrogen-bond donors (Lipinski definition) is 2. The predicted molar refractivity (Wildman–Crippen MR) is 75.2 cm³/mol. The van der Waals surface area contributed by atoms with Gasteiger partial charge in [0.2, 0.25) is 0 Å². The van der Waals surface area contributed by atoms with Crippen LogP contribution in [0.15, 0.2) is 41.3 Å². The smallest absolute Gasteiger partial charge is 0.255 e. The lowest BCUT2D eigenvalue weighted by Gasteiger charge is -2.09. The van der Waals surface area contributed by atoms with E-state index < -0.39 is 0 Å². The van der Waals surface area contributed by atoms with E-state index in [1.165, 1.54) is 10.6 Å². The summed E-state index contributed by atoms with van der Waals surface area (Å²) >= 11 is 0. The third kappa shape index (κ3) is 2.82. The van der Waals surface area contributed by atoms with Gasteiger partial charge in [-0.1, -0.05) is 6.07 Å². The number of anilines is 2. The SMILES string of the molecule is Cc1ccc(N)cc1NC(=O)c1ccn(C)c(=O)c1. The Hall–Kier alpha value is -2.56. The number of hydrogen-bond acceptors (Lipinski definition) is 3. The average Bonchev–Trinajstić information content (AvgIpc) is 2.37. The maximum Gasteiger partial charge on any atom is 0.255 e. The van der Waals surface area contributed by atoms with Crippen LogP contribution in [0.4, 0.5) is 11.4 Å². The quantitative estimate of drug-likeness (QED) is 0.801. The molecule has 2 rings (SSSR count). The van der Waals surface area contributed by atoms with E-state index in [0.29, 0.717) is 16.9 Å². The summed E-state index contributed by atoms with van der Waals surface area (Å²) in [5, 5.41) is 2.75. The molecule has 0 radical (unpaired) electrons. The van der Waals surface area contributed by atoms with Crippen LogP contribution in [0.3, 0.4) is 0 Å². The Bertz CT molecular complexity index is 689. The molecule has 5 heteroatoms. The van der Waals surface area contributed by atoms with E-state index in [4.69, 9.17) is 5.73 Å². The second-order valence-corrected chi connectivity index (χ2v) is 4.39. The molecule has 0 aliphatic rings. The summed E-state index contributed by atoms with van der Waals surface area (Å²) in [5.41, 5.74) is 7.91. The Balaban J connectivity index is 2.28. The van der Waals surface area contributed by atoms with Gasteiger partial charge in [0.15, 0.2) is 0 Å². The zero-order valence-electron chi connectivity index (χ0n) is 10.8. The Morgan fingerprint density at radius 2 is 2.00 bits per heavy atom. The highest BCUT2D eigenvalue weighted by Crippen LogP contribution is 2.18. The van der Waals surface area contributed by atoms with Crippen LogP contribution < -0.4 is 16.6 Å². The Morgan fingerprint density at radius 1 is 1.26 bits per heavy atom. The molecular weight excluding hydrogens is 242 g/mol. The molecule has 1 amide bonds. The van der Waals surface area contributed by atoms with E-state index in [-0.39, 0.29) is 11.5 Å². The van der Waals surface area contributed by atoms with Crippen molar-refractivity contribution in [2.24, 2.45) is 7.05 Å². The lowest BCUT2D eigenvalue weighted by atomic mass is 10.1. The van der Waals surface area contributed by atoms with Crippen molar-refractivity contribution < 1.29 is 4.79 Å². The van der Waals surface area contributed by atoms with Crippen molar-refractivity contribution in [2.45, 2.75) is 6.92 Å². The highest BCUT2D eigenvalue weighted by molar-refractivity contribution is 6.04. The fraction of sp³-hybridized carbons (Fsp3) is 0.143. The number of amides is 1. The highest BCUT2D eigenvalue weighted by Gasteiger charge is 2.09. The van der Waals surface area contributed by atoms with Crippen molar-refractivity contribution in [3.63, 3.8) is 0 Å². The summed E-state index contributed by atoms with van der Waals surface area (Å²) in [6, 6.07) is 8.18. The van der Waals surface area contributed by atoms with Crippen LogP contribution in [-0.2, 0) is 7.05 Å². The van der Waals surface area contributed by atoms with E-state index in [2.05, 4.69) is 5.32 Å². The van der Waals surface area contributed by atoms with Gasteiger partial charge in [0.05, 0.1) is 0 Å². The zero-order valence-corrected chi connectivity index (χ0v) is 10.8. The number of pyridine rings is 1. The fourth-order valence-corrected chi connectivity index (χ4v) is 1.66. The highest BCUT2D eigenvalue weighted by atomic mass is 16.2. The molecule has 0 fully saturated rings. The predicted octanol–water partition coefficient (Wildman–Crippen LogP) is 1.53. The number of aromatic nitrogens is 1. The van der Waals surface area contributed by atoms with Crippen molar-refractivity contribution in [3.8, 4) is 0 Å². The van der Waals surface area contributed by atoms with Crippen LogP contribution >= 0.6 is 0 Å². The molecule has 1 aromatic carbocycles. The van der Waals surface area contributed by atoms with E-state index in [1.54, 1.807) is 31.4 Å². The third-order valence-corrected chi connectivity index (χ3v) is 2.88. The van der Waals surface area contributed by atoms with E-state index >= 15 is 0 Å². The van der Waals surface area contributed by atoms with Gasteiger partial charge in [-0.05, 0) is 30.7 Å². The topological polar surface area (TPSA) is 77.1 Å². The maximum atomic E-state index is 12.0. The first-order valence-electron chi connectivity index (χ1n) is 5.81. The minimum absolute atomic E-state index is 0.225. The van der Waals surface area contributed by atoms with Crippen LogP contribution in [0.25, 0.3) is 0 Å². The number of aryl methyl sites for hydroxylation is 2.